The third-order valence-electron chi connectivity index (χ3n) is 5.05. The summed E-state index contributed by atoms with van der Waals surface area (Å²) >= 11 is 0. The topological polar surface area (TPSA) is 12.9 Å². The zero-order chi connectivity index (χ0) is 16.7. The Hall–Kier alpha value is -2.41. The first-order chi connectivity index (χ1) is 11.8. The van der Waals surface area contributed by atoms with Crippen molar-refractivity contribution < 1.29 is 0 Å². The first kappa shape index (κ1) is 16.4. The summed E-state index contributed by atoms with van der Waals surface area (Å²) in [6.07, 6.45) is 8.31. The molecule has 0 bridgehead atoms. The Kier molecular flexibility index (Phi) is 5.43. The highest BCUT2D eigenvalue weighted by Crippen LogP contribution is 2.40. The van der Waals surface area contributed by atoms with Crippen LogP contribution in [0.25, 0.3) is 0 Å². The zero-order valence-electron chi connectivity index (χ0n) is 14.4. The minimum absolute atomic E-state index is 0.0880. The highest BCUT2D eigenvalue weighted by molar-refractivity contribution is 5.39. The van der Waals surface area contributed by atoms with Crippen molar-refractivity contribution in [2.75, 3.05) is 0 Å². The summed E-state index contributed by atoms with van der Waals surface area (Å²) in [5, 5.41) is 0. The Morgan fingerprint density at radius 2 is 1.42 bits per heavy atom. The monoisotopic (exact) mass is 315 g/mol. The second-order valence-electron chi connectivity index (χ2n) is 6.38. The summed E-state index contributed by atoms with van der Waals surface area (Å²) < 4.78 is 0. The fraction of sp³-hybridized carbons (Fsp3) is 0.261. The van der Waals surface area contributed by atoms with Crippen LogP contribution in [0.2, 0.25) is 0 Å². The Labute approximate surface area is 145 Å². The van der Waals surface area contributed by atoms with Crippen LogP contribution in [0.1, 0.15) is 42.9 Å². The van der Waals surface area contributed by atoms with E-state index in [1.807, 2.05) is 18.5 Å². The molecule has 24 heavy (non-hydrogen) atoms. The molecule has 0 spiro atoms. The van der Waals surface area contributed by atoms with Crippen molar-refractivity contribution in [2.45, 2.75) is 38.0 Å². The van der Waals surface area contributed by atoms with Crippen molar-refractivity contribution in [1.29, 1.82) is 0 Å². The fourth-order valence-electron chi connectivity index (χ4n) is 3.70. The van der Waals surface area contributed by atoms with Gasteiger partial charge in [-0.25, -0.2) is 0 Å². The van der Waals surface area contributed by atoms with Gasteiger partial charge >= 0.3 is 0 Å². The molecule has 0 aliphatic heterocycles. The Bertz CT molecular complexity index is 680. The number of hydrogen-bond acceptors (Lipinski definition) is 1. The fourth-order valence-corrected chi connectivity index (χ4v) is 3.70. The lowest BCUT2D eigenvalue weighted by molar-refractivity contribution is 0.440. The molecule has 0 atom stereocenters. The van der Waals surface area contributed by atoms with Crippen molar-refractivity contribution in [2.24, 2.45) is 0 Å². The largest absolute Gasteiger partial charge is 0.264 e. The SMILES string of the molecule is CCC(CCCc1cccnc1)(c1ccccc1)c1ccccc1. The van der Waals surface area contributed by atoms with Gasteiger partial charge in [0.1, 0.15) is 0 Å². The molecular formula is C23H25N. The number of rotatable bonds is 7. The van der Waals surface area contributed by atoms with E-state index in [0.29, 0.717) is 0 Å². The third-order valence-corrected chi connectivity index (χ3v) is 5.05. The third kappa shape index (κ3) is 3.56. The first-order valence-corrected chi connectivity index (χ1v) is 8.85. The molecule has 3 rings (SSSR count). The zero-order valence-corrected chi connectivity index (χ0v) is 14.4. The predicted octanol–water partition coefficient (Wildman–Crippen LogP) is 5.80. The molecule has 0 aliphatic carbocycles. The Morgan fingerprint density at radius 3 is 1.92 bits per heavy atom. The summed E-state index contributed by atoms with van der Waals surface area (Å²) in [5.41, 5.74) is 4.25. The molecular weight excluding hydrogens is 290 g/mol. The maximum atomic E-state index is 4.24. The van der Waals surface area contributed by atoms with Crippen molar-refractivity contribution in [1.82, 2.24) is 4.98 Å². The predicted molar refractivity (Wildman–Crippen MR) is 101 cm³/mol. The second kappa shape index (κ2) is 7.92. The summed E-state index contributed by atoms with van der Waals surface area (Å²) in [5.74, 6) is 0. The Morgan fingerprint density at radius 1 is 0.792 bits per heavy atom. The highest BCUT2D eigenvalue weighted by Gasteiger charge is 2.31. The second-order valence-corrected chi connectivity index (χ2v) is 6.38. The van der Waals surface area contributed by atoms with Gasteiger partial charge in [-0.05, 0) is 48.4 Å². The van der Waals surface area contributed by atoms with Gasteiger partial charge in [-0.2, -0.15) is 0 Å². The van der Waals surface area contributed by atoms with E-state index in [9.17, 15) is 0 Å². The highest BCUT2D eigenvalue weighted by atomic mass is 14.6. The van der Waals surface area contributed by atoms with Crippen LogP contribution in [0.15, 0.2) is 85.2 Å². The molecule has 2 aromatic carbocycles. The number of benzene rings is 2. The maximum Gasteiger partial charge on any atom is 0.0299 e. The van der Waals surface area contributed by atoms with Gasteiger partial charge in [0.15, 0.2) is 0 Å². The molecule has 0 amide bonds. The van der Waals surface area contributed by atoms with Crippen LogP contribution in [0.5, 0.6) is 0 Å². The lowest BCUT2D eigenvalue weighted by Crippen LogP contribution is -2.27. The quantitative estimate of drug-likeness (QED) is 0.537. The van der Waals surface area contributed by atoms with Gasteiger partial charge in [0.05, 0.1) is 0 Å². The van der Waals surface area contributed by atoms with Gasteiger partial charge in [0.2, 0.25) is 0 Å². The summed E-state index contributed by atoms with van der Waals surface area (Å²) in [6.45, 7) is 2.31. The van der Waals surface area contributed by atoms with Crippen LogP contribution < -0.4 is 0 Å². The molecule has 0 saturated carbocycles. The van der Waals surface area contributed by atoms with Gasteiger partial charge in [-0.3, -0.25) is 4.98 Å². The van der Waals surface area contributed by atoms with Crippen molar-refractivity contribution in [3.63, 3.8) is 0 Å². The van der Waals surface area contributed by atoms with Crippen LogP contribution in [-0.4, -0.2) is 4.98 Å². The van der Waals surface area contributed by atoms with E-state index >= 15 is 0 Å². The first-order valence-electron chi connectivity index (χ1n) is 8.85. The van der Waals surface area contributed by atoms with Crippen molar-refractivity contribution in [3.8, 4) is 0 Å². The smallest absolute Gasteiger partial charge is 0.0299 e. The van der Waals surface area contributed by atoms with Gasteiger partial charge in [-0.15, -0.1) is 0 Å². The number of aryl methyl sites for hydroxylation is 1. The molecule has 1 heteroatoms. The minimum Gasteiger partial charge on any atom is -0.264 e. The molecule has 0 saturated heterocycles. The van der Waals surface area contributed by atoms with Crippen LogP contribution in [0.4, 0.5) is 0 Å². The van der Waals surface area contributed by atoms with E-state index < -0.39 is 0 Å². The van der Waals surface area contributed by atoms with Crippen LogP contribution in [0, 0.1) is 0 Å². The number of hydrogen-bond donors (Lipinski definition) is 0. The van der Waals surface area contributed by atoms with Crippen LogP contribution in [0.3, 0.4) is 0 Å². The lowest BCUT2D eigenvalue weighted by atomic mass is 9.69. The molecule has 122 valence electrons. The minimum atomic E-state index is 0.0880. The maximum absolute atomic E-state index is 4.24. The molecule has 0 radical (unpaired) electrons. The lowest BCUT2D eigenvalue weighted by Gasteiger charge is -2.34. The molecule has 0 N–H and O–H groups in total. The molecule has 3 aromatic rings. The van der Waals surface area contributed by atoms with E-state index in [1.165, 1.54) is 16.7 Å². The van der Waals surface area contributed by atoms with E-state index in [1.54, 1.807) is 0 Å². The molecule has 0 fully saturated rings. The van der Waals surface area contributed by atoms with Gasteiger partial charge in [0, 0.05) is 17.8 Å². The van der Waals surface area contributed by atoms with Crippen molar-refractivity contribution in [3.05, 3.63) is 102 Å². The van der Waals surface area contributed by atoms with Crippen LogP contribution in [-0.2, 0) is 11.8 Å². The van der Waals surface area contributed by atoms with E-state index in [4.69, 9.17) is 0 Å². The number of pyridine rings is 1. The van der Waals surface area contributed by atoms with Crippen molar-refractivity contribution >= 4 is 0 Å². The molecule has 0 aliphatic rings. The Balaban J connectivity index is 1.87. The summed E-state index contributed by atoms with van der Waals surface area (Å²) in [4.78, 5) is 4.24. The van der Waals surface area contributed by atoms with Gasteiger partial charge in [0.25, 0.3) is 0 Å². The molecule has 1 nitrogen and oxygen atoms in total. The molecule has 1 aromatic heterocycles. The standard InChI is InChI=1S/C23H25N/c1-2-23(21-13-5-3-6-14-21,22-15-7-4-8-16-22)17-9-11-20-12-10-18-24-19-20/h3-8,10,12-16,18-19H,2,9,11,17H2,1H3. The molecule has 0 unspecified atom stereocenters. The average Bonchev–Trinajstić information content (AvgIpc) is 2.68. The number of nitrogens with zero attached hydrogens (tertiary/aromatic N) is 1. The summed E-state index contributed by atoms with van der Waals surface area (Å²) in [6, 6.07) is 26.1. The van der Waals surface area contributed by atoms with Gasteiger partial charge < -0.3 is 0 Å². The average molecular weight is 315 g/mol. The van der Waals surface area contributed by atoms with E-state index in [-0.39, 0.29) is 5.41 Å². The molecule has 1 heterocycles. The van der Waals surface area contributed by atoms with E-state index in [2.05, 4.69) is 78.6 Å². The number of aromatic nitrogens is 1. The van der Waals surface area contributed by atoms with Gasteiger partial charge in [-0.1, -0.05) is 73.7 Å². The summed E-state index contributed by atoms with van der Waals surface area (Å²) in [7, 11) is 0. The van der Waals surface area contributed by atoms with E-state index in [0.717, 1.165) is 25.7 Å². The van der Waals surface area contributed by atoms with Crippen LogP contribution >= 0.6 is 0 Å². The normalized spacial score (nSPS) is 11.4.